The molecule has 104 valence electrons. The van der Waals surface area contributed by atoms with Crippen molar-refractivity contribution in [3.05, 3.63) is 18.2 Å². The lowest BCUT2D eigenvalue weighted by Crippen LogP contribution is -2.33. The Hall–Kier alpha value is -0.350. The Kier molecular flexibility index (Phi) is 4.27. The first-order valence-corrected chi connectivity index (χ1v) is 9.00. The lowest BCUT2D eigenvalue weighted by molar-refractivity contribution is 0.206. The lowest BCUT2D eigenvalue weighted by atomic mass is 9.72. The van der Waals surface area contributed by atoms with Crippen molar-refractivity contribution in [3.63, 3.8) is 0 Å². The number of thioether (sulfide) groups is 1. The van der Waals surface area contributed by atoms with Crippen LogP contribution in [0.3, 0.4) is 0 Å². The third-order valence-corrected chi connectivity index (χ3v) is 6.50. The summed E-state index contributed by atoms with van der Waals surface area (Å²) in [7, 11) is 0. The SMILES string of the molecule is BrCC1(CSc2ccc3c(c2)OCCCO3)CCC1. The van der Waals surface area contributed by atoms with Crippen LogP contribution in [0.15, 0.2) is 23.1 Å². The van der Waals surface area contributed by atoms with Gasteiger partial charge in [0.05, 0.1) is 13.2 Å². The molecule has 1 fully saturated rings. The summed E-state index contributed by atoms with van der Waals surface area (Å²) >= 11 is 5.61. The molecular formula is C15H19BrO2S. The molecule has 0 aromatic heterocycles. The third kappa shape index (κ3) is 3.05. The lowest BCUT2D eigenvalue weighted by Gasteiger charge is -2.40. The molecule has 1 saturated carbocycles. The van der Waals surface area contributed by atoms with E-state index in [0.29, 0.717) is 5.41 Å². The largest absolute Gasteiger partial charge is 0.490 e. The first kappa shape index (κ1) is 13.6. The normalized spacial score (nSPS) is 20.5. The molecule has 1 aliphatic carbocycles. The molecule has 1 aromatic carbocycles. The van der Waals surface area contributed by atoms with Crippen LogP contribution in [-0.2, 0) is 0 Å². The van der Waals surface area contributed by atoms with Gasteiger partial charge in [-0.15, -0.1) is 11.8 Å². The molecule has 0 N–H and O–H groups in total. The molecule has 0 spiro atoms. The highest BCUT2D eigenvalue weighted by Gasteiger charge is 2.35. The molecule has 1 aromatic rings. The minimum atomic E-state index is 0.523. The Labute approximate surface area is 127 Å². The van der Waals surface area contributed by atoms with Gasteiger partial charge in [0.25, 0.3) is 0 Å². The average Bonchev–Trinajstić information content (AvgIpc) is 2.62. The van der Waals surface area contributed by atoms with Gasteiger partial charge in [0.1, 0.15) is 0 Å². The van der Waals surface area contributed by atoms with Gasteiger partial charge in [0.15, 0.2) is 11.5 Å². The van der Waals surface area contributed by atoms with Crippen molar-refractivity contribution >= 4 is 27.7 Å². The van der Waals surface area contributed by atoms with Crippen molar-refractivity contribution in [1.82, 2.24) is 0 Å². The number of benzene rings is 1. The Balaban J connectivity index is 1.66. The highest BCUT2D eigenvalue weighted by atomic mass is 79.9. The van der Waals surface area contributed by atoms with Crippen molar-refractivity contribution < 1.29 is 9.47 Å². The van der Waals surface area contributed by atoms with Gasteiger partial charge in [-0.2, -0.15) is 0 Å². The van der Waals surface area contributed by atoms with E-state index in [1.807, 2.05) is 17.8 Å². The summed E-state index contributed by atoms with van der Waals surface area (Å²) in [5.41, 5.74) is 0.523. The van der Waals surface area contributed by atoms with Gasteiger partial charge in [0, 0.05) is 22.4 Å². The number of rotatable bonds is 4. The van der Waals surface area contributed by atoms with Crippen LogP contribution in [0.25, 0.3) is 0 Å². The molecule has 0 saturated heterocycles. The first-order chi connectivity index (χ1) is 9.31. The standard InChI is InChI=1S/C15H19BrO2S/c16-10-15(5-1-6-15)11-19-12-3-4-13-14(9-12)18-8-2-7-17-13/h3-4,9H,1-2,5-8,10-11H2. The van der Waals surface area contributed by atoms with Gasteiger partial charge in [-0.25, -0.2) is 0 Å². The van der Waals surface area contributed by atoms with E-state index in [0.717, 1.165) is 36.5 Å². The van der Waals surface area contributed by atoms with Crippen molar-refractivity contribution in [2.24, 2.45) is 5.41 Å². The van der Waals surface area contributed by atoms with Crippen molar-refractivity contribution in [2.45, 2.75) is 30.6 Å². The van der Waals surface area contributed by atoms with Gasteiger partial charge >= 0.3 is 0 Å². The Morgan fingerprint density at radius 2 is 1.89 bits per heavy atom. The van der Waals surface area contributed by atoms with Crippen LogP contribution in [0.5, 0.6) is 11.5 Å². The number of hydrogen-bond acceptors (Lipinski definition) is 3. The molecule has 3 rings (SSSR count). The van der Waals surface area contributed by atoms with E-state index >= 15 is 0 Å². The number of ether oxygens (including phenoxy) is 2. The van der Waals surface area contributed by atoms with Crippen LogP contribution in [0.4, 0.5) is 0 Å². The van der Waals surface area contributed by atoms with E-state index in [2.05, 4.69) is 28.1 Å². The first-order valence-electron chi connectivity index (χ1n) is 6.90. The molecule has 4 heteroatoms. The van der Waals surface area contributed by atoms with Crippen LogP contribution in [0, 0.1) is 5.41 Å². The summed E-state index contributed by atoms with van der Waals surface area (Å²) < 4.78 is 11.4. The molecule has 0 radical (unpaired) electrons. The van der Waals surface area contributed by atoms with E-state index < -0.39 is 0 Å². The molecule has 2 aliphatic rings. The molecule has 1 aliphatic heterocycles. The molecule has 0 atom stereocenters. The van der Waals surface area contributed by atoms with Gasteiger partial charge in [-0.1, -0.05) is 22.4 Å². The predicted octanol–water partition coefficient (Wildman–Crippen LogP) is 4.51. The van der Waals surface area contributed by atoms with Gasteiger partial charge in [-0.05, 0) is 36.5 Å². The second kappa shape index (κ2) is 5.96. The zero-order chi connectivity index (χ0) is 13.1. The zero-order valence-electron chi connectivity index (χ0n) is 11.0. The van der Waals surface area contributed by atoms with Crippen LogP contribution in [-0.4, -0.2) is 24.3 Å². The Morgan fingerprint density at radius 1 is 1.11 bits per heavy atom. The number of halogens is 1. The summed E-state index contributed by atoms with van der Waals surface area (Å²) in [6, 6.07) is 6.33. The van der Waals surface area contributed by atoms with Crippen LogP contribution in [0.2, 0.25) is 0 Å². The molecule has 19 heavy (non-hydrogen) atoms. The fraction of sp³-hybridized carbons (Fsp3) is 0.600. The Morgan fingerprint density at radius 3 is 2.58 bits per heavy atom. The average molecular weight is 343 g/mol. The summed E-state index contributed by atoms with van der Waals surface area (Å²) in [5.74, 6) is 2.99. The second-order valence-electron chi connectivity index (χ2n) is 5.43. The molecule has 0 amide bonds. The second-order valence-corrected chi connectivity index (χ2v) is 7.04. The minimum absolute atomic E-state index is 0.523. The number of alkyl halides is 1. The summed E-state index contributed by atoms with van der Waals surface area (Å²) in [6.07, 6.45) is 5.06. The van der Waals surface area contributed by atoms with E-state index in [1.165, 1.54) is 29.9 Å². The minimum Gasteiger partial charge on any atom is -0.490 e. The van der Waals surface area contributed by atoms with Crippen molar-refractivity contribution in [1.29, 1.82) is 0 Å². The molecule has 1 heterocycles. The maximum absolute atomic E-state index is 5.74. The molecule has 0 unspecified atom stereocenters. The van der Waals surface area contributed by atoms with Crippen LogP contribution in [0.1, 0.15) is 25.7 Å². The third-order valence-electron chi connectivity index (χ3n) is 3.96. The van der Waals surface area contributed by atoms with Crippen molar-refractivity contribution in [3.8, 4) is 11.5 Å². The van der Waals surface area contributed by atoms with E-state index in [-0.39, 0.29) is 0 Å². The Bertz CT molecular complexity index is 440. The number of fused-ring (bicyclic) bond motifs is 1. The molecule has 0 bridgehead atoms. The summed E-state index contributed by atoms with van der Waals surface area (Å²) in [4.78, 5) is 1.29. The smallest absolute Gasteiger partial charge is 0.162 e. The molecular weight excluding hydrogens is 324 g/mol. The van der Waals surface area contributed by atoms with Crippen LogP contribution >= 0.6 is 27.7 Å². The van der Waals surface area contributed by atoms with E-state index in [9.17, 15) is 0 Å². The fourth-order valence-corrected chi connectivity index (χ4v) is 4.70. The van der Waals surface area contributed by atoms with Gasteiger partial charge < -0.3 is 9.47 Å². The maximum atomic E-state index is 5.74. The monoisotopic (exact) mass is 342 g/mol. The van der Waals surface area contributed by atoms with Gasteiger partial charge in [-0.3, -0.25) is 0 Å². The zero-order valence-corrected chi connectivity index (χ0v) is 13.4. The predicted molar refractivity (Wildman–Crippen MR) is 82.9 cm³/mol. The topological polar surface area (TPSA) is 18.5 Å². The molecule has 2 nitrogen and oxygen atoms in total. The highest BCUT2D eigenvalue weighted by Crippen LogP contribution is 2.46. The summed E-state index contributed by atoms with van der Waals surface area (Å²) in [5, 5.41) is 1.12. The fourth-order valence-electron chi connectivity index (χ4n) is 2.46. The van der Waals surface area contributed by atoms with E-state index in [1.54, 1.807) is 0 Å². The number of hydrogen-bond donors (Lipinski definition) is 0. The quantitative estimate of drug-likeness (QED) is 0.592. The summed E-state index contributed by atoms with van der Waals surface area (Å²) in [6.45, 7) is 1.51. The van der Waals surface area contributed by atoms with Crippen LogP contribution < -0.4 is 9.47 Å². The van der Waals surface area contributed by atoms with E-state index in [4.69, 9.17) is 9.47 Å². The highest BCUT2D eigenvalue weighted by molar-refractivity contribution is 9.09. The van der Waals surface area contributed by atoms with Gasteiger partial charge in [0.2, 0.25) is 0 Å². The van der Waals surface area contributed by atoms with Crippen molar-refractivity contribution in [2.75, 3.05) is 24.3 Å². The maximum Gasteiger partial charge on any atom is 0.162 e.